The van der Waals surface area contributed by atoms with Crippen LogP contribution in [0.2, 0.25) is 0 Å². The Morgan fingerprint density at radius 1 is 1.04 bits per heavy atom. The van der Waals surface area contributed by atoms with E-state index in [0.29, 0.717) is 23.5 Å². The molecule has 0 aliphatic heterocycles. The SMILES string of the molecule is CCCCCCCC[C@@H]1[C@H]2Cc3cccc(O)c3C[C@H]2C[C@H]1O. The van der Waals surface area contributed by atoms with Crippen LogP contribution >= 0.6 is 0 Å². The minimum atomic E-state index is -0.128. The topological polar surface area (TPSA) is 40.5 Å². The highest BCUT2D eigenvalue weighted by Crippen LogP contribution is 2.48. The molecule has 0 aromatic heterocycles. The molecule has 0 bridgehead atoms. The first kappa shape index (κ1) is 16.8. The van der Waals surface area contributed by atoms with Crippen molar-refractivity contribution in [2.45, 2.75) is 77.2 Å². The fourth-order valence-corrected chi connectivity index (χ4v) is 4.98. The highest BCUT2D eigenvalue weighted by molar-refractivity contribution is 5.42. The van der Waals surface area contributed by atoms with E-state index in [4.69, 9.17) is 0 Å². The summed E-state index contributed by atoms with van der Waals surface area (Å²) in [5.74, 6) is 2.11. The molecule has 1 fully saturated rings. The predicted octanol–water partition coefficient (Wildman–Crippen LogP) is 4.85. The lowest BCUT2D eigenvalue weighted by Crippen LogP contribution is -2.26. The standard InChI is InChI=1S/C21H32O2/c1-2-3-4-5-6-7-10-17-18-12-15-9-8-11-20(22)19(15)13-16(18)14-21(17)23/h8-9,11,16-18,21-23H,2-7,10,12-14H2,1H3/t16-,17+,18-,21+/m0/s1. The lowest BCUT2D eigenvalue weighted by molar-refractivity contribution is 0.109. The summed E-state index contributed by atoms with van der Waals surface area (Å²) in [5, 5.41) is 20.6. The number of hydrogen-bond donors (Lipinski definition) is 2. The summed E-state index contributed by atoms with van der Waals surface area (Å²) in [6, 6.07) is 5.93. The number of unbranched alkanes of at least 4 members (excludes halogenated alkanes) is 5. The minimum Gasteiger partial charge on any atom is -0.508 e. The zero-order valence-electron chi connectivity index (χ0n) is 14.5. The van der Waals surface area contributed by atoms with Gasteiger partial charge in [0.2, 0.25) is 0 Å². The number of aliphatic hydroxyl groups is 1. The molecule has 1 aromatic rings. The van der Waals surface area contributed by atoms with Crippen LogP contribution in [0.25, 0.3) is 0 Å². The van der Waals surface area contributed by atoms with E-state index in [0.717, 1.165) is 24.8 Å². The molecule has 1 aromatic carbocycles. The van der Waals surface area contributed by atoms with E-state index in [2.05, 4.69) is 13.0 Å². The van der Waals surface area contributed by atoms with Crippen LogP contribution in [0, 0.1) is 17.8 Å². The number of benzene rings is 1. The fraction of sp³-hybridized carbons (Fsp3) is 0.714. The van der Waals surface area contributed by atoms with Crippen LogP contribution in [0.5, 0.6) is 5.75 Å². The van der Waals surface area contributed by atoms with Gasteiger partial charge in [-0.1, -0.05) is 57.6 Å². The minimum absolute atomic E-state index is 0.128. The summed E-state index contributed by atoms with van der Waals surface area (Å²) in [6.07, 6.45) is 11.9. The zero-order chi connectivity index (χ0) is 16.2. The largest absolute Gasteiger partial charge is 0.508 e. The predicted molar refractivity (Wildman–Crippen MR) is 94.6 cm³/mol. The molecule has 23 heavy (non-hydrogen) atoms. The number of fused-ring (bicyclic) bond motifs is 2. The van der Waals surface area contributed by atoms with Gasteiger partial charge < -0.3 is 10.2 Å². The molecule has 2 heteroatoms. The molecule has 2 nitrogen and oxygen atoms in total. The van der Waals surface area contributed by atoms with Gasteiger partial charge in [0.25, 0.3) is 0 Å². The average Bonchev–Trinajstić information content (AvgIpc) is 2.84. The van der Waals surface area contributed by atoms with Crippen molar-refractivity contribution in [3.63, 3.8) is 0 Å². The monoisotopic (exact) mass is 316 g/mol. The normalized spacial score (nSPS) is 29.3. The molecule has 4 atom stereocenters. The van der Waals surface area contributed by atoms with E-state index in [-0.39, 0.29) is 6.10 Å². The molecule has 3 rings (SSSR count). The Morgan fingerprint density at radius 3 is 2.65 bits per heavy atom. The van der Waals surface area contributed by atoms with Gasteiger partial charge in [0.05, 0.1) is 6.10 Å². The molecule has 2 aliphatic rings. The van der Waals surface area contributed by atoms with Crippen molar-refractivity contribution in [1.82, 2.24) is 0 Å². The van der Waals surface area contributed by atoms with E-state index in [1.165, 1.54) is 50.5 Å². The Kier molecular flexibility index (Phi) is 5.63. The summed E-state index contributed by atoms with van der Waals surface area (Å²) in [6.45, 7) is 2.26. The van der Waals surface area contributed by atoms with E-state index >= 15 is 0 Å². The van der Waals surface area contributed by atoms with Gasteiger partial charge in [0.1, 0.15) is 5.75 Å². The van der Waals surface area contributed by atoms with E-state index in [1.807, 2.05) is 6.07 Å². The summed E-state index contributed by atoms with van der Waals surface area (Å²) in [4.78, 5) is 0. The maximum Gasteiger partial charge on any atom is 0.119 e. The number of hydrogen-bond acceptors (Lipinski definition) is 2. The molecule has 0 unspecified atom stereocenters. The third kappa shape index (κ3) is 3.74. The van der Waals surface area contributed by atoms with E-state index < -0.39 is 0 Å². The zero-order valence-corrected chi connectivity index (χ0v) is 14.5. The molecular formula is C21H32O2. The summed E-state index contributed by atoms with van der Waals surface area (Å²) >= 11 is 0. The second-order valence-electron chi connectivity index (χ2n) is 7.77. The fourth-order valence-electron chi connectivity index (χ4n) is 4.98. The van der Waals surface area contributed by atoms with Crippen molar-refractivity contribution >= 4 is 0 Å². The van der Waals surface area contributed by atoms with Gasteiger partial charge in [-0.15, -0.1) is 0 Å². The molecule has 0 radical (unpaired) electrons. The first-order valence-electron chi connectivity index (χ1n) is 9.68. The van der Waals surface area contributed by atoms with Crippen molar-refractivity contribution in [3.05, 3.63) is 29.3 Å². The van der Waals surface area contributed by atoms with Crippen LogP contribution in [0.4, 0.5) is 0 Å². The number of aromatic hydroxyl groups is 1. The van der Waals surface area contributed by atoms with Crippen LogP contribution in [0.3, 0.4) is 0 Å². The van der Waals surface area contributed by atoms with Crippen LogP contribution in [0.15, 0.2) is 18.2 Å². The molecule has 0 saturated heterocycles. The first-order valence-corrected chi connectivity index (χ1v) is 9.68. The maximum absolute atomic E-state index is 10.5. The first-order chi connectivity index (χ1) is 11.2. The Bertz CT molecular complexity index is 511. The molecule has 128 valence electrons. The third-order valence-corrected chi connectivity index (χ3v) is 6.26. The number of aliphatic hydroxyl groups excluding tert-OH is 1. The third-order valence-electron chi connectivity index (χ3n) is 6.26. The van der Waals surface area contributed by atoms with Gasteiger partial charge in [-0.2, -0.15) is 0 Å². The van der Waals surface area contributed by atoms with Crippen molar-refractivity contribution in [1.29, 1.82) is 0 Å². The van der Waals surface area contributed by atoms with Gasteiger partial charge in [0.15, 0.2) is 0 Å². The quantitative estimate of drug-likeness (QED) is 0.706. The Morgan fingerprint density at radius 2 is 1.83 bits per heavy atom. The smallest absolute Gasteiger partial charge is 0.119 e. The Hall–Kier alpha value is -1.02. The average molecular weight is 316 g/mol. The number of phenols is 1. The maximum atomic E-state index is 10.5. The van der Waals surface area contributed by atoms with Crippen LogP contribution < -0.4 is 0 Å². The molecule has 1 saturated carbocycles. The van der Waals surface area contributed by atoms with Gasteiger partial charge in [-0.3, -0.25) is 0 Å². The highest BCUT2D eigenvalue weighted by Gasteiger charge is 2.44. The summed E-state index contributed by atoms with van der Waals surface area (Å²) < 4.78 is 0. The molecule has 0 spiro atoms. The molecule has 2 aliphatic carbocycles. The second-order valence-corrected chi connectivity index (χ2v) is 7.77. The van der Waals surface area contributed by atoms with Gasteiger partial charge in [-0.25, -0.2) is 0 Å². The van der Waals surface area contributed by atoms with E-state index in [9.17, 15) is 10.2 Å². The summed E-state index contributed by atoms with van der Waals surface area (Å²) in [5.41, 5.74) is 2.45. The second kappa shape index (κ2) is 7.70. The molecular weight excluding hydrogens is 284 g/mol. The van der Waals surface area contributed by atoms with Gasteiger partial charge >= 0.3 is 0 Å². The van der Waals surface area contributed by atoms with E-state index in [1.54, 1.807) is 6.07 Å². The van der Waals surface area contributed by atoms with Crippen molar-refractivity contribution in [2.75, 3.05) is 0 Å². The van der Waals surface area contributed by atoms with Crippen LogP contribution in [-0.2, 0) is 12.8 Å². The molecule has 0 amide bonds. The Labute approximate surface area is 140 Å². The van der Waals surface area contributed by atoms with Gasteiger partial charge in [-0.05, 0) is 60.6 Å². The molecule has 0 heterocycles. The number of rotatable bonds is 7. The lowest BCUT2D eigenvalue weighted by Gasteiger charge is -2.31. The van der Waals surface area contributed by atoms with Crippen molar-refractivity contribution in [2.24, 2.45) is 17.8 Å². The van der Waals surface area contributed by atoms with Crippen LogP contribution in [-0.4, -0.2) is 16.3 Å². The number of phenolic OH excluding ortho intramolecular Hbond substituents is 1. The van der Waals surface area contributed by atoms with Gasteiger partial charge in [0, 0.05) is 0 Å². The highest BCUT2D eigenvalue weighted by atomic mass is 16.3. The molecule has 2 N–H and O–H groups in total. The van der Waals surface area contributed by atoms with Crippen molar-refractivity contribution in [3.8, 4) is 5.75 Å². The van der Waals surface area contributed by atoms with Crippen molar-refractivity contribution < 1.29 is 10.2 Å². The van der Waals surface area contributed by atoms with Crippen LogP contribution in [0.1, 0.15) is 69.4 Å². The Balaban J connectivity index is 1.56. The summed E-state index contributed by atoms with van der Waals surface area (Å²) in [7, 11) is 0. The lowest BCUT2D eigenvalue weighted by atomic mass is 9.73.